The molecule has 114 valence electrons. The maximum absolute atomic E-state index is 6.01. The molecule has 0 spiro atoms. The molecular formula is C17H29NO2. The van der Waals surface area contributed by atoms with Gasteiger partial charge >= 0.3 is 0 Å². The van der Waals surface area contributed by atoms with Crippen molar-refractivity contribution in [3.8, 4) is 11.5 Å². The first kappa shape index (κ1) is 16.8. The molecule has 0 radical (unpaired) electrons. The van der Waals surface area contributed by atoms with E-state index >= 15 is 0 Å². The summed E-state index contributed by atoms with van der Waals surface area (Å²) in [6.45, 7) is 5.07. The van der Waals surface area contributed by atoms with Crippen molar-refractivity contribution in [2.45, 2.75) is 58.4 Å². The zero-order valence-electron chi connectivity index (χ0n) is 13.2. The molecule has 0 saturated carbocycles. The van der Waals surface area contributed by atoms with Crippen LogP contribution in [-0.2, 0) is 6.42 Å². The third kappa shape index (κ3) is 5.83. The Morgan fingerprint density at radius 3 is 2.55 bits per heavy atom. The SMILES string of the molecule is CCCCCCOc1cc(CC(N)CC)ccc1OC. The van der Waals surface area contributed by atoms with Gasteiger partial charge in [-0.2, -0.15) is 0 Å². The van der Waals surface area contributed by atoms with Crippen molar-refractivity contribution >= 4 is 0 Å². The van der Waals surface area contributed by atoms with Gasteiger partial charge in [0.25, 0.3) is 0 Å². The fourth-order valence-electron chi connectivity index (χ4n) is 2.12. The van der Waals surface area contributed by atoms with Crippen LogP contribution in [0.2, 0.25) is 0 Å². The fraction of sp³-hybridized carbons (Fsp3) is 0.647. The Balaban J connectivity index is 2.59. The van der Waals surface area contributed by atoms with Crippen LogP contribution in [-0.4, -0.2) is 19.8 Å². The summed E-state index contributed by atoms with van der Waals surface area (Å²) in [7, 11) is 1.68. The lowest BCUT2D eigenvalue weighted by atomic mass is 10.0. The first-order valence-electron chi connectivity index (χ1n) is 7.76. The number of methoxy groups -OCH3 is 1. The van der Waals surface area contributed by atoms with Crippen molar-refractivity contribution in [2.75, 3.05) is 13.7 Å². The standard InChI is InChI=1S/C17H29NO2/c1-4-6-7-8-11-20-17-13-14(12-15(18)5-2)9-10-16(17)19-3/h9-10,13,15H,4-8,11-12,18H2,1-3H3. The van der Waals surface area contributed by atoms with E-state index in [-0.39, 0.29) is 6.04 Å². The van der Waals surface area contributed by atoms with Gasteiger partial charge in [-0.3, -0.25) is 0 Å². The van der Waals surface area contributed by atoms with E-state index in [1.165, 1.54) is 24.8 Å². The van der Waals surface area contributed by atoms with Crippen molar-refractivity contribution in [1.29, 1.82) is 0 Å². The van der Waals surface area contributed by atoms with Gasteiger partial charge in [-0.25, -0.2) is 0 Å². The smallest absolute Gasteiger partial charge is 0.161 e. The van der Waals surface area contributed by atoms with E-state index in [0.717, 1.165) is 37.4 Å². The second-order valence-corrected chi connectivity index (χ2v) is 5.27. The van der Waals surface area contributed by atoms with Crippen molar-refractivity contribution in [3.05, 3.63) is 23.8 Å². The average Bonchev–Trinajstić information content (AvgIpc) is 2.47. The highest BCUT2D eigenvalue weighted by atomic mass is 16.5. The molecule has 1 aromatic carbocycles. The second-order valence-electron chi connectivity index (χ2n) is 5.27. The monoisotopic (exact) mass is 279 g/mol. The topological polar surface area (TPSA) is 44.5 Å². The lowest BCUT2D eigenvalue weighted by Crippen LogP contribution is -2.21. The molecule has 0 bridgehead atoms. The number of rotatable bonds is 10. The summed E-state index contributed by atoms with van der Waals surface area (Å²) in [4.78, 5) is 0. The Labute approximate surface area is 123 Å². The van der Waals surface area contributed by atoms with Crippen LogP contribution in [0.3, 0.4) is 0 Å². The predicted octanol–water partition coefficient (Wildman–Crippen LogP) is 3.93. The van der Waals surface area contributed by atoms with E-state index in [2.05, 4.69) is 26.0 Å². The lowest BCUT2D eigenvalue weighted by molar-refractivity contribution is 0.285. The molecule has 1 atom stereocenters. The second kappa shape index (κ2) is 9.65. The minimum absolute atomic E-state index is 0.209. The minimum Gasteiger partial charge on any atom is -0.493 e. The molecule has 1 rings (SSSR count). The van der Waals surface area contributed by atoms with Crippen LogP contribution in [0.25, 0.3) is 0 Å². The van der Waals surface area contributed by atoms with E-state index in [1.807, 2.05) is 6.07 Å². The molecule has 20 heavy (non-hydrogen) atoms. The van der Waals surface area contributed by atoms with Crippen LogP contribution < -0.4 is 15.2 Å². The molecule has 0 aliphatic heterocycles. The Kier molecular flexibility index (Phi) is 8.12. The van der Waals surface area contributed by atoms with E-state index < -0.39 is 0 Å². The van der Waals surface area contributed by atoms with E-state index in [0.29, 0.717) is 0 Å². The summed E-state index contributed by atoms with van der Waals surface area (Å²) < 4.78 is 11.2. The number of ether oxygens (including phenoxy) is 2. The maximum Gasteiger partial charge on any atom is 0.161 e. The zero-order valence-corrected chi connectivity index (χ0v) is 13.2. The summed E-state index contributed by atoms with van der Waals surface area (Å²) in [5.74, 6) is 1.64. The number of hydrogen-bond acceptors (Lipinski definition) is 3. The molecule has 0 amide bonds. The van der Waals surface area contributed by atoms with E-state index in [9.17, 15) is 0 Å². The summed E-state index contributed by atoms with van der Waals surface area (Å²) >= 11 is 0. The van der Waals surface area contributed by atoms with Crippen molar-refractivity contribution in [1.82, 2.24) is 0 Å². The zero-order chi connectivity index (χ0) is 14.8. The van der Waals surface area contributed by atoms with Crippen LogP contribution in [0.5, 0.6) is 11.5 Å². The Bertz CT molecular complexity index is 379. The van der Waals surface area contributed by atoms with Gasteiger partial charge in [-0.05, 0) is 37.0 Å². The molecule has 0 saturated heterocycles. The maximum atomic E-state index is 6.01. The normalized spacial score (nSPS) is 12.2. The van der Waals surface area contributed by atoms with Gasteiger partial charge in [0.1, 0.15) is 0 Å². The van der Waals surface area contributed by atoms with Crippen LogP contribution >= 0.6 is 0 Å². The quantitative estimate of drug-likeness (QED) is 0.660. The molecule has 3 nitrogen and oxygen atoms in total. The largest absolute Gasteiger partial charge is 0.493 e. The molecular weight excluding hydrogens is 250 g/mol. The van der Waals surface area contributed by atoms with Gasteiger partial charge < -0.3 is 15.2 Å². The molecule has 0 heterocycles. The summed E-state index contributed by atoms with van der Waals surface area (Å²) in [6.07, 6.45) is 6.69. The predicted molar refractivity (Wildman–Crippen MR) is 84.6 cm³/mol. The first-order valence-corrected chi connectivity index (χ1v) is 7.76. The van der Waals surface area contributed by atoms with Gasteiger partial charge in [0.15, 0.2) is 11.5 Å². The van der Waals surface area contributed by atoms with Crippen molar-refractivity contribution in [2.24, 2.45) is 5.73 Å². The van der Waals surface area contributed by atoms with Crippen molar-refractivity contribution < 1.29 is 9.47 Å². The molecule has 1 aromatic rings. The first-order chi connectivity index (χ1) is 9.71. The Morgan fingerprint density at radius 1 is 1.10 bits per heavy atom. The molecule has 1 unspecified atom stereocenters. The number of nitrogens with two attached hydrogens (primary N) is 1. The molecule has 2 N–H and O–H groups in total. The van der Waals surface area contributed by atoms with Gasteiger partial charge in [-0.15, -0.1) is 0 Å². The molecule has 0 aromatic heterocycles. The van der Waals surface area contributed by atoms with Gasteiger partial charge in [0.2, 0.25) is 0 Å². The Morgan fingerprint density at radius 2 is 1.90 bits per heavy atom. The summed E-state index contributed by atoms with van der Waals surface area (Å²) in [5, 5.41) is 0. The third-order valence-electron chi connectivity index (χ3n) is 3.51. The van der Waals surface area contributed by atoms with Crippen LogP contribution in [0.15, 0.2) is 18.2 Å². The highest BCUT2D eigenvalue weighted by Crippen LogP contribution is 2.28. The molecule has 0 aliphatic carbocycles. The van der Waals surface area contributed by atoms with Crippen LogP contribution in [0, 0.1) is 0 Å². The van der Waals surface area contributed by atoms with E-state index in [1.54, 1.807) is 7.11 Å². The lowest BCUT2D eigenvalue weighted by Gasteiger charge is -2.14. The molecule has 0 fully saturated rings. The molecule has 0 aliphatic rings. The fourth-order valence-corrected chi connectivity index (χ4v) is 2.12. The van der Waals surface area contributed by atoms with Gasteiger partial charge in [0.05, 0.1) is 13.7 Å². The Hall–Kier alpha value is -1.22. The average molecular weight is 279 g/mol. The van der Waals surface area contributed by atoms with Crippen molar-refractivity contribution in [3.63, 3.8) is 0 Å². The van der Waals surface area contributed by atoms with Crippen LogP contribution in [0.1, 0.15) is 51.5 Å². The molecule has 3 heteroatoms. The van der Waals surface area contributed by atoms with Crippen LogP contribution in [0.4, 0.5) is 0 Å². The summed E-state index contributed by atoms with van der Waals surface area (Å²) in [5.41, 5.74) is 7.22. The minimum atomic E-state index is 0.209. The van der Waals surface area contributed by atoms with E-state index in [4.69, 9.17) is 15.2 Å². The number of benzene rings is 1. The number of unbranched alkanes of at least 4 members (excludes halogenated alkanes) is 3. The highest BCUT2D eigenvalue weighted by molar-refractivity contribution is 5.43. The van der Waals surface area contributed by atoms with Gasteiger partial charge in [-0.1, -0.05) is 39.2 Å². The highest BCUT2D eigenvalue weighted by Gasteiger charge is 2.08. The summed E-state index contributed by atoms with van der Waals surface area (Å²) in [6, 6.07) is 6.31. The third-order valence-corrected chi connectivity index (χ3v) is 3.51. The number of hydrogen-bond donors (Lipinski definition) is 1. The van der Waals surface area contributed by atoms with Gasteiger partial charge in [0, 0.05) is 6.04 Å².